The van der Waals surface area contributed by atoms with E-state index in [1.54, 1.807) is 0 Å². The highest BCUT2D eigenvalue weighted by molar-refractivity contribution is 5.86. The standard InChI is InChI=1S/C34H49N3O5/c1-23(2)30(36-33(41)42-22-25-16-10-7-11-17-25)32(40)35-28(20-24-14-8-6-9-15-24)29(38)21-26-18-12-13-19-27(26)31(39)37-34(3,4)5/h6-11,14-17,23,26-30,38H,12-13,18-22H2,1-5H3,(H,35,40)(H,36,41)(H,37,39)/t26?,27?,28?,29?,30-/m0/s1. The van der Waals surface area contributed by atoms with Gasteiger partial charge in [-0.2, -0.15) is 0 Å². The lowest BCUT2D eigenvalue weighted by molar-refractivity contribution is -0.130. The molecular formula is C34H49N3O5. The van der Waals surface area contributed by atoms with Crippen molar-refractivity contribution in [3.05, 3.63) is 71.8 Å². The molecule has 1 saturated carbocycles. The van der Waals surface area contributed by atoms with Crippen molar-refractivity contribution in [2.24, 2.45) is 17.8 Å². The predicted octanol–water partition coefficient (Wildman–Crippen LogP) is 5.14. The van der Waals surface area contributed by atoms with Gasteiger partial charge in [-0.1, -0.05) is 87.4 Å². The normalized spacial score (nSPS) is 19.3. The van der Waals surface area contributed by atoms with Gasteiger partial charge in [-0.15, -0.1) is 0 Å². The Bertz CT molecular complexity index is 1130. The zero-order valence-electron chi connectivity index (χ0n) is 25.8. The van der Waals surface area contributed by atoms with Crippen LogP contribution in [-0.2, 0) is 27.4 Å². The number of aliphatic hydroxyl groups is 1. The van der Waals surface area contributed by atoms with E-state index in [0.717, 1.165) is 36.8 Å². The Kier molecular flexibility index (Phi) is 12.4. The zero-order valence-corrected chi connectivity index (χ0v) is 25.8. The molecule has 0 saturated heterocycles. The largest absolute Gasteiger partial charge is 0.445 e. The van der Waals surface area contributed by atoms with Crippen LogP contribution in [-0.4, -0.2) is 46.7 Å². The van der Waals surface area contributed by atoms with Gasteiger partial charge >= 0.3 is 6.09 Å². The number of rotatable bonds is 12. The van der Waals surface area contributed by atoms with Gasteiger partial charge in [-0.3, -0.25) is 9.59 Å². The molecule has 5 atom stereocenters. The molecule has 8 heteroatoms. The van der Waals surface area contributed by atoms with Gasteiger partial charge < -0.3 is 25.8 Å². The molecule has 3 rings (SSSR count). The summed E-state index contributed by atoms with van der Waals surface area (Å²) in [6.07, 6.45) is 2.91. The Hall–Kier alpha value is -3.39. The van der Waals surface area contributed by atoms with Crippen molar-refractivity contribution in [1.29, 1.82) is 0 Å². The van der Waals surface area contributed by atoms with Crippen molar-refractivity contribution in [3.8, 4) is 0 Å². The topological polar surface area (TPSA) is 117 Å². The lowest BCUT2D eigenvalue weighted by Crippen LogP contribution is -2.55. The van der Waals surface area contributed by atoms with Gasteiger partial charge in [0.25, 0.3) is 0 Å². The summed E-state index contributed by atoms with van der Waals surface area (Å²) in [4.78, 5) is 39.3. The maximum atomic E-state index is 13.6. The van der Waals surface area contributed by atoms with Crippen LogP contribution in [0.5, 0.6) is 0 Å². The SMILES string of the molecule is CC(C)[C@H](NC(=O)OCc1ccccc1)C(=O)NC(Cc1ccccc1)C(O)CC1CCCCC1C(=O)NC(C)(C)C. The fourth-order valence-electron chi connectivity index (χ4n) is 5.62. The zero-order chi connectivity index (χ0) is 30.7. The molecule has 4 unspecified atom stereocenters. The highest BCUT2D eigenvalue weighted by Gasteiger charge is 2.36. The van der Waals surface area contributed by atoms with Crippen molar-refractivity contribution < 1.29 is 24.2 Å². The van der Waals surface area contributed by atoms with Crippen LogP contribution in [0.4, 0.5) is 4.79 Å². The summed E-state index contributed by atoms with van der Waals surface area (Å²) in [7, 11) is 0. The van der Waals surface area contributed by atoms with Crippen molar-refractivity contribution in [3.63, 3.8) is 0 Å². The fourth-order valence-corrected chi connectivity index (χ4v) is 5.62. The number of carbonyl (C=O) groups is 3. The maximum absolute atomic E-state index is 13.6. The molecule has 42 heavy (non-hydrogen) atoms. The first kappa shape index (κ1) is 33.1. The van der Waals surface area contributed by atoms with Gasteiger partial charge in [0.2, 0.25) is 11.8 Å². The summed E-state index contributed by atoms with van der Waals surface area (Å²) in [5.41, 5.74) is 1.49. The fraction of sp³-hybridized carbons (Fsp3) is 0.559. The van der Waals surface area contributed by atoms with Gasteiger partial charge in [-0.25, -0.2) is 4.79 Å². The quantitative estimate of drug-likeness (QED) is 0.278. The molecule has 1 fully saturated rings. The number of hydrogen-bond donors (Lipinski definition) is 4. The molecule has 3 amide bonds. The van der Waals surface area contributed by atoms with Crippen LogP contribution in [0.15, 0.2) is 60.7 Å². The van der Waals surface area contributed by atoms with Crippen LogP contribution in [0, 0.1) is 17.8 Å². The second kappa shape index (κ2) is 15.7. The van der Waals surface area contributed by atoms with Crippen LogP contribution in [0.1, 0.15) is 77.8 Å². The molecule has 0 spiro atoms. The third-order valence-electron chi connectivity index (χ3n) is 7.81. The molecule has 0 radical (unpaired) electrons. The molecule has 1 aliphatic carbocycles. The van der Waals surface area contributed by atoms with Crippen molar-refractivity contribution in [2.45, 2.75) is 103 Å². The third kappa shape index (κ3) is 10.8. The van der Waals surface area contributed by atoms with E-state index in [1.165, 1.54) is 0 Å². The highest BCUT2D eigenvalue weighted by Crippen LogP contribution is 2.34. The molecule has 4 N–H and O–H groups in total. The molecule has 0 bridgehead atoms. The molecule has 0 aliphatic heterocycles. The first-order chi connectivity index (χ1) is 19.9. The molecule has 0 heterocycles. The van der Waals surface area contributed by atoms with Crippen LogP contribution < -0.4 is 16.0 Å². The Balaban J connectivity index is 1.71. The Morgan fingerprint density at radius 2 is 1.50 bits per heavy atom. The molecule has 0 aromatic heterocycles. The summed E-state index contributed by atoms with van der Waals surface area (Å²) >= 11 is 0. The average Bonchev–Trinajstić information content (AvgIpc) is 2.94. The first-order valence-electron chi connectivity index (χ1n) is 15.2. The Morgan fingerprint density at radius 1 is 0.905 bits per heavy atom. The molecule has 230 valence electrons. The Labute approximate surface area is 251 Å². The van der Waals surface area contributed by atoms with E-state index in [-0.39, 0.29) is 41.7 Å². The first-order valence-corrected chi connectivity index (χ1v) is 15.2. The monoisotopic (exact) mass is 579 g/mol. The van der Waals surface area contributed by atoms with Gasteiger partial charge in [-0.05, 0) is 69.4 Å². The van der Waals surface area contributed by atoms with Gasteiger partial charge in [0, 0.05) is 11.5 Å². The number of amides is 3. The summed E-state index contributed by atoms with van der Waals surface area (Å²) in [5, 5.41) is 20.4. The lowest BCUT2D eigenvalue weighted by Gasteiger charge is -2.36. The van der Waals surface area contributed by atoms with E-state index in [4.69, 9.17) is 4.74 Å². The average molecular weight is 580 g/mol. The minimum absolute atomic E-state index is 0.0123. The number of carbonyl (C=O) groups excluding carboxylic acids is 3. The smallest absolute Gasteiger partial charge is 0.408 e. The van der Waals surface area contributed by atoms with Crippen LogP contribution in [0.25, 0.3) is 0 Å². The predicted molar refractivity (Wildman–Crippen MR) is 164 cm³/mol. The Morgan fingerprint density at radius 3 is 2.10 bits per heavy atom. The van der Waals surface area contributed by atoms with Gasteiger partial charge in [0.05, 0.1) is 12.1 Å². The van der Waals surface area contributed by atoms with Crippen LogP contribution >= 0.6 is 0 Å². The van der Waals surface area contributed by atoms with Crippen molar-refractivity contribution in [1.82, 2.24) is 16.0 Å². The number of alkyl carbamates (subject to hydrolysis) is 1. The van der Waals surface area contributed by atoms with E-state index in [2.05, 4.69) is 16.0 Å². The maximum Gasteiger partial charge on any atom is 0.408 e. The van der Waals surface area contributed by atoms with Crippen molar-refractivity contribution in [2.75, 3.05) is 0 Å². The van der Waals surface area contributed by atoms with E-state index < -0.39 is 24.3 Å². The summed E-state index contributed by atoms with van der Waals surface area (Å²) in [6, 6.07) is 17.6. The number of nitrogens with one attached hydrogen (secondary N) is 3. The van der Waals surface area contributed by atoms with Gasteiger partial charge in [0.1, 0.15) is 12.6 Å². The summed E-state index contributed by atoms with van der Waals surface area (Å²) < 4.78 is 5.36. The van der Waals surface area contributed by atoms with Crippen LogP contribution in [0.3, 0.4) is 0 Å². The molecular weight excluding hydrogens is 530 g/mol. The van der Waals surface area contributed by atoms with E-state index in [0.29, 0.717) is 12.8 Å². The highest BCUT2D eigenvalue weighted by atomic mass is 16.5. The molecule has 8 nitrogen and oxygen atoms in total. The molecule has 2 aromatic rings. The second-order valence-electron chi connectivity index (χ2n) is 12.9. The van der Waals surface area contributed by atoms with E-state index >= 15 is 0 Å². The summed E-state index contributed by atoms with van der Waals surface area (Å²) in [5.74, 6) is -0.732. The molecule has 1 aliphatic rings. The number of aliphatic hydroxyl groups excluding tert-OH is 1. The lowest BCUT2D eigenvalue weighted by atomic mass is 9.74. The minimum atomic E-state index is -0.875. The van der Waals surface area contributed by atoms with E-state index in [1.807, 2.05) is 95.3 Å². The van der Waals surface area contributed by atoms with Gasteiger partial charge in [0.15, 0.2) is 0 Å². The van der Waals surface area contributed by atoms with Crippen LogP contribution in [0.2, 0.25) is 0 Å². The number of hydrogen-bond acceptors (Lipinski definition) is 5. The second-order valence-corrected chi connectivity index (χ2v) is 12.9. The van der Waals surface area contributed by atoms with Crippen molar-refractivity contribution >= 4 is 17.9 Å². The van der Waals surface area contributed by atoms with E-state index in [9.17, 15) is 19.5 Å². The number of benzene rings is 2. The molecule has 2 aromatic carbocycles. The summed E-state index contributed by atoms with van der Waals surface area (Å²) in [6.45, 7) is 9.72. The minimum Gasteiger partial charge on any atom is -0.445 e. The third-order valence-corrected chi connectivity index (χ3v) is 7.81. The number of ether oxygens (including phenoxy) is 1.